The van der Waals surface area contributed by atoms with Gasteiger partial charge in [-0.05, 0) is 31.7 Å². The molecule has 0 aliphatic heterocycles. The summed E-state index contributed by atoms with van der Waals surface area (Å²) < 4.78 is 18.5. The van der Waals surface area contributed by atoms with E-state index in [1.165, 1.54) is 6.07 Å². The fraction of sp³-hybridized carbons (Fsp3) is 0.600. The van der Waals surface area contributed by atoms with Gasteiger partial charge in [-0.1, -0.05) is 0 Å². The molecule has 0 bridgehead atoms. The number of halogens is 1. The van der Waals surface area contributed by atoms with Gasteiger partial charge in [-0.2, -0.15) is 0 Å². The van der Waals surface area contributed by atoms with E-state index >= 15 is 0 Å². The van der Waals surface area contributed by atoms with E-state index in [1.807, 2.05) is 6.92 Å². The Morgan fingerprint density at radius 3 is 2.90 bits per heavy atom. The van der Waals surface area contributed by atoms with E-state index in [9.17, 15) is 9.18 Å². The molecule has 2 rings (SSSR count). The number of aromatic nitrogens is 1. The van der Waals surface area contributed by atoms with Gasteiger partial charge in [0.05, 0.1) is 18.4 Å². The normalized spacial score (nSPS) is 15.6. The van der Waals surface area contributed by atoms with Crippen molar-refractivity contribution in [3.63, 3.8) is 0 Å². The number of pyridine rings is 1. The van der Waals surface area contributed by atoms with Crippen LogP contribution in [0.1, 0.15) is 30.1 Å². The zero-order valence-corrected chi connectivity index (χ0v) is 12.7. The molecule has 0 saturated heterocycles. The van der Waals surface area contributed by atoms with Crippen LogP contribution in [0.15, 0.2) is 12.3 Å². The summed E-state index contributed by atoms with van der Waals surface area (Å²) in [6, 6.07) is 1.36. The summed E-state index contributed by atoms with van der Waals surface area (Å²) in [5.74, 6) is 0.211. The van der Waals surface area contributed by atoms with E-state index in [2.05, 4.69) is 10.3 Å². The van der Waals surface area contributed by atoms with Gasteiger partial charge in [0.1, 0.15) is 11.6 Å². The molecule has 1 aliphatic carbocycles. The highest BCUT2D eigenvalue weighted by Gasteiger charge is 2.35. The fourth-order valence-corrected chi connectivity index (χ4v) is 2.47. The van der Waals surface area contributed by atoms with Crippen LogP contribution in [0, 0.1) is 11.7 Å². The number of nitrogens with zero attached hydrogens (tertiary/aromatic N) is 2. The van der Waals surface area contributed by atoms with Crippen molar-refractivity contribution in [3.05, 3.63) is 23.6 Å². The zero-order chi connectivity index (χ0) is 15.4. The molecule has 0 radical (unpaired) electrons. The van der Waals surface area contributed by atoms with Crippen LogP contribution in [0.2, 0.25) is 0 Å². The van der Waals surface area contributed by atoms with Gasteiger partial charge < -0.3 is 15.0 Å². The first-order chi connectivity index (χ1) is 10.1. The number of rotatable bonds is 7. The first-order valence-electron chi connectivity index (χ1n) is 7.21. The maximum absolute atomic E-state index is 13.4. The number of hydrogen-bond donors (Lipinski definition) is 1. The van der Waals surface area contributed by atoms with Crippen molar-refractivity contribution in [1.29, 1.82) is 0 Å². The Morgan fingerprint density at radius 2 is 2.33 bits per heavy atom. The van der Waals surface area contributed by atoms with Crippen LogP contribution in [-0.2, 0) is 4.74 Å². The number of anilines is 1. The van der Waals surface area contributed by atoms with E-state index in [0.717, 1.165) is 19.0 Å². The molecule has 1 saturated carbocycles. The molecule has 1 aromatic heterocycles. The molecule has 21 heavy (non-hydrogen) atoms. The van der Waals surface area contributed by atoms with Gasteiger partial charge in [0.25, 0.3) is 5.91 Å². The lowest BCUT2D eigenvalue weighted by atomic mass is 10.1. The Labute approximate surface area is 124 Å². The number of nitrogens with one attached hydrogen (secondary N) is 1. The quantitative estimate of drug-likeness (QED) is 0.837. The second-order valence-corrected chi connectivity index (χ2v) is 5.37. The Hall–Kier alpha value is -1.69. The lowest BCUT2D eigenvalue weighted by Crippen LogP contribution is -2.42. The van der Waals surface area contributed by atoms with E-state index in [4.69, 9.17) is 4.74 Å². The first-order valence-corrected chi connectivity index (χ1v) is 7.21. The molecule has 1 unspecified atom stereocenters. The summed E-state index contributed by atoms with van der Waals surface area (Å²) in [5.41, 5.74) is 0.265. The number of hydrogen-bond acceptors (Lipinski definition) is 4. The summed E-state index contributed by atoms with van der Waals surface area (Å²) in [4.78, 5) is 18.5. The number of amides is 1. The van der Waals surface area contributed by atoms with Crippen LogP contribution >= 0.6 is 0 Å². The third kappa shape index (κ3) is 3.69. The average molecular weight is 295 g/mol. The molecular weight excluding hydrogens is 273 g/mol. The number of methoxy groups -OCH3 is 1. The van der Waals surface area contributed by atoms with Crippen molar-refractivity contribution in [3.8, 4) is 0 Å². The SMILES string of the molecule is CNc1ncc(F)cc1C(=O)N(CCOC)C(C)C1CC1. The van der Waals surface area contributed by atoms with Crippen LogP contribution in [-0.4, -0.2) is 49.1 Å². The molecule has 0 aromatic carbocycles. The van der Waals surface area contributed by atoms with Crippen LogP contribution in [0.4, 0.5) is 10.2 Å². The molecule has 5 nitrogen and oxygen atoms in total. The first kappa shape index (κ1) is 15.7. The largest absolute Gasteiger partial charge is 0.383 e. The smallest absolute Gasteiger partial charge is 0.258 e. The van der Waals surface area contributed by atoms with Gasteiger partial charge in [0.15, 0.2) is 0 Å². The molecule has 1 aliphatic rings. The van der Waals surface area contributed by atoms with Gasteiger partial charge in [-0.15, -0.1) is 0 Å². The topological polar surface area (TPSA) is 54.5 Å². The molecule has 1 fully saturated rings. The minimum Gasteiger partial charge on any atom is -0.383 e. The maximum Gasteiger partial charge on any atom is 0.258 e. The van der Waals surface area contributed by atoms with Crippen molar-refractivity contribution in [2.75, 3.05) is 32.6 Å². The average Bonchev–Trinajstić information content (AvgIpc) is 3.31. The molecular formula is C15H22FN3O2. The molecule has 1 atom stereocenters. The highest BCUT2D eigenvalue weighted by molar-refractivity contribution is 5.98. The van der Waals surface area contributed by atoms with Gasteiger partial charge in [-0.3, -0.25) is 4.79 Å². The van der Waals surface area contributed by atoms with Gasteiger partial charge in [0.2, 0.25) is 0 Å². The Bertz CT molecular complexity index is 506. The minimum atomic E-state index is -0.511. The molecule has 0 spiro atoms. The van der Waals surface area contributed by atoms with Crippen molar-refractivity contribution in [1.82, 2.24) is 9.88 Å². The second-order valence-electron chi connectivity index (χ2n) is 5.37. The molecule has 1 N–H and O–H groups in total. The van der Waals surface area contributed by atoms with Crippen molar-refractivity contribution < 1.29 is 13.9 Å². The number of carbonyl (C=O) groups excluding carboxylic acids is 1. The van der Waals surface area contributed by atoms with E-state index in [-0.39, 0.29) is 17.5 Å². The van der Waals surface area contributed by atoms with Crippen LogP contribution in [0.3, 0.4) is 0 Å². The van der Waals surface area contributed by atoms with Crippen LogP contribution in [0.25, 0.3) is 0 Å². The van der Waals surface area contributed by atoms with Gasteiger partial charge in [-0.25, -0.2) is 9.37 Å². The van der Waals surface area contributed by atoms with E-state index in [1.54, 1.807) is 19.1 Å². The molecule has 1 amide bonds. The number of carbonyl (C=O) groups is 1. The van der Waals surface area contributed by atoms with Crippen LogP contribution in [0.5, 0.6) is 0 Å². The predicted molar refractivity (Wildman–Crippen MR) is 78.8 cm³/mol. The molecule has 1 heterocycles. The van der Waals surface area contributed by atoms with Crippen molar-refractivity contribution in [2.24, 2.45) is 5.92 Å². The maximum atomic E-state index is 13.4. The molecule has 6 heteroatoms. The highest BCUT2D eigenvalue weighted by Crippen LogP contribution is 2.35. The predicted octanol–water partition coefficient (Wildman–Crippen LogP) is 2.15. The molecule has 1 aromatic rings. The van der Waals surface area contributed by atoms with E-state index < -0.39 is 5.82 Å². The van der Waals surface area contributed by atoms with Crippen LogP contribution < -0.4 is 5.32 Å². The van der Waals surface area contributed by atoms with Crippen molar-refractivity contribution >= 4 is 11.7 Å². The highest BCUT2D eigenvalue weighted by atomic mass is 19.1. The Balaban J connectivity index is 2.25. The van der Waals surface area contributed by atoms with Gasteiger partial charge >= 0.3 is 0 Å². The summed E-state index contributed by atoms with van der Waals surface area (Å²) in [7, 11) is 3.27. The lowest BCUT2D eigenvalue weighted by molar-refractivity contribution is 0.0595. The van der Waals surface area contributed by atoms with E-state index in [0.29, 0.717) is 24.9 Å². The lowest BCUT2D eigenvalue weighted by Gasteiger charge is -2.29. The monoisotopic (exact) mass is 295 g/mol. The molecule has 116 valence electrons. The Morgan fingerprint density at radius 1 is 1.62 bits per heavy atom. The minimum absolute atomic E-state index is 0.126. The third-order valence-corrected chi connectivity index (χ3v) is 3.91. The third-order valence-electron chi connectivity index (χ3n) is 3.91. The van der Waals surface area contributed by atoms with Crippen molar-refractivity contribution in [2.45, 2.75) is 25.8 Å². The summed E-state index contributed by atoms with van der Waals surface area (Å²) in [6.45, 7) is 2.99. The summed E-state index contributed by atoms with van der Waals surface area (Å²) >= 11 is 0. The summed E-state index contributed by atoms with van der Waals surface area (Å²) in [6.07, 6.45) is 3.38. The summed E-state index contributed by atoms with van der Waals surface area (Å²) in [5, 5.41) is 2.84. The standard InChI is InChI=1S/C15H22FN3O2/c1-10(11-4-5-11)19(6-7-21-3)15(20)13-8-12(16)9-18-14(13)17-2/h8-11H,4-7H2,1-3H3,(H,17,18). The number of ether oxygens (including phenoxy) is 1. The fourth-order valence-electron chi connectivity index (χ4n) is 2.47. The Kier molecular flexibility index (Phi) is 5.12. The van der Waals surface area contributed by atoms with Gasteiger partial charge in [0, 0.05) is 26.7 Å². The zero-order valence-electron chi connectivity index (χ0n) is 12.7. The second kappa shape index (κ2) is 6.85.